The van der Waals surface area contributed by atoms with Gasteiger partial charge in [-0.15, -0.1) is 0 Å². The van der Waals surface area contributed by atoms with E-state index in [0.29, 0.717) is 0 Å². The second kappa shape index (κ2) is 7.96. The maximum atomic E-state index is 3.09. The molecule has 0 N–H and O–H groups in total. The first-order valence-corrected chi connectivity index (χ1v) is 4.42. The molecular formula is C6H7VWY-. The molecular weight excluding hydrogens is 396 g/mol. The van der Waals surface area contributed by atoms with Gasteiger partial charge < -0.3 is 0 Å². The summed E-state index contributed by atoms with van der Waals surface area (Å²) in [6.07, 6.45) is 5.11. The second-order valence-electron chi connectivity index (χ2n) is 1.48. The Kier molecular flexibility index (Phi) is 11.9. The van der Waals surface area contributed by atoms with Crippen LogP contribution in [-0.2, 0) is 69.0 Å². The number of rotatable bonds is 2. The molecule has 0 rings (SSSR count). The van der Waals surface area contributed by atoms with Crippen LogP contribution in [0.3, 0.4) is 0 Å². The second-order valence-corrected chi connectivity index (χ2v) is 4.85. The Morgan fingerprint density at radius 3 is 2.11 bits per heavy atom. The van der Waals surface area contributed by atoms with E-state index in [2.05, 4.69) is 30.0 Å². The zero-order chi connectivity index (χ0) is 6.57. The van der Waals surface area contributed by atoms with Crippen LogP contribution in [0.2, 0.25) is 0 Å². The van der Waals surface area contributed by atoms with E-state index in [1.165, 1.54) is 27.5 Å². The number of hydrogen-bond donors (Lipinski definition) is 0. The van der Waals surface area contributed by atoms with Crippen molar-refractivity contribution in [2.24, 2.45) is 0 Å². The van der Waals surface area contributed by atoms with Crippen LogP contribution in [0.4, 0.5) is 0 Å². The van der Waals surface area contributed by atoms with Gasteiger partial charge in [0.05, 0.1) is 0 Å². The summed E-state index contributed by atoms with van der Waals surface area (Å²) in [6.45, 7) is 4.12. The minimum absolute atomic E-state index is 0. The predicted octanol–water partition coefficient (Wildman–Crippen LogP) is 0.821. The smallest absolute Gasteiger partial charge is 0 e. The molecule has 0 nitrogen and oxygen atoms in total. The van der Waals surface area contributed by atoms with Crippen LogP contribution >= 0.6 is 0 Å². The average Bonchev–Trinajstić information content (AvgIpc) is 1.61. The maximum absolute atomic E-state index is 3.09. The molecule has 0 atom stereocenters. The molecule has 0 aromatic rings. The van der Waals surface area contributed by atoms with Gasteiger partial charge in [0, 0.05) is 32.7 Å². The van der Waals surface area contributed by atoms with Gasteiger partial charge in [0.15, 0.2) is 0 Å². The van der Waals surface area contributed by atoms with Crippen molar-refractivity contribution in [3.05, 3.63) is 12.2 Å². The van der Waals surface area contributed by atoms with Crippen LogP contribution in [0, 0.1) is 6.08 Å². The monoisotopic (exact) mass is 403 g/mol. The predicted molar refractivity (Wildman–Crippen MR) is 29.2 cm³/mol. The maximum Gasteiger partial charge on any atom is 0 e. The first kappa shape index (κ1) is 13.4. The Balaban J connectivity index is 0. The summed E-state index contributed by atoms with van der Waals surface area (Å²) in [6, 6.07) is 0. The van der Waals surface area contributed by atoms with E-state index in [1.54, 1.807) is 0 Å². The Hall–Kier alpha value is 1.86. The molecule has 0 unspecified atom stereocenters. The summed E-state index contributed by atoms with van der Waals surface area (Å²) in [5.74, 6) is 0. The largest absolute Gasteiger partial charge is 0 e. The fraction of sp³-hybridized carbons (Fsp3) is 0.333. The zero-order valence-electron chi connectivity index (χ0n) is 5.51. The molecule has 0 aliphatic rings. The third-order valence-corrected chi connectivity index (χ3v) is 1.11. The molecule has 0 saturated carbocycles. The van der Waals surface area contributed by atoms with Gasteiger partial charge in [-0.3, -0.25) is 0 Å². The fourth-order valence-corrected chi connectivity index (χ4v) is 0.519. The van der Waals surface area contributed by atoms with Gasteiger partial charge in [-0.05, 0) is 0 Å². The van der Waals surface area contributed by atoms with Crippen LogP contribution in [0.25, 0.3) is 0 Å². The number of hydrogen-bond acceptors (Lipinski definition) is 0. The molecule has 0 aromatic heterocycles. The minimum atomic E-state index is 0. The minimum Gasteiger partial charge on any atom is 0 e. The van der Waals surface area contributed by atoms with Crippen LogP contribution < -0.4 is 0 Å². The van der Waals surface area contributed by atoms with Crippen molar-refractivity contribution in [3.63, 3.8) is 0 Å². The van der Waals surface area contributed by atoms with Gasteiger partial charge in [0.2, 0.25) is 0 Å². The van der Waals surface area contributed by atoms with Gasteiger partial charge in [0.25, 0.3) is 0 Å². The molecule has 0 bridgehead atoms. The Labute approximate surface area is 102 Å². The van der Waals surface area contributed by atoms with Crippen molar-refractivity contribution < 1.29 is 69.0 Å². The number of allylic oxidation sites excluding steroid dienone is 2. The van der Waals surface area contributed by atoms with E-state index in [9.17, 15) is 0 Å². The molecule has 46 valence electrons. The van der Waals surface area contributed by atoms with E-state index >= 15 is 0 Å². The normalized spacial score (nSPS) is 8.56. The van der Waals surface area contributed by atoms with E-state index in [-0.39, 0.29) is 32.7 Å². The molecule has 3 heteroatoms. The van der Waals surface area contributed by atoms with Crippen molar-refractivity contribution in [2.45, 2.75) is 13.8 Å². The molecule has 1 radical (unpaired) electrons. The first-order chi connectivity index (χ1) is 3.63. The third-order valence-electron chi connectivity index (χ3n) is 0.484. The van der Waals surface area contributed by atoms with Gasteiger partial charge >= 0.3 is 70.5 Å². The Morgan fingerprint density at radius 1 is 1.56 bits per heavy atom. The van der Waals surface area contributed by atoms with Crippen molar-refractivity contribution >= 4 is 8.12 Å². The van der Waals surface area contributed by atoms with Crippen LogP contribution in [-0.4, -0.2) is 8.12 Å². The molecule has 0 fully saturated rings. The van der Waals surface area contributed by atoms with Crippen LogP contribution in [0.1, 0.15) is 13.8 Å². The molecule has 9 heavy (non-hydrogen) atoms. The third kappa shape index (κ3) is 12.9. The summed E-state index contributed by atoms with van der Waals surface area (Å²) in [5.41, 5.74) is 0. The first-order valence-electron chi connectivity index (χ1n) is 2.26. The van der Waals surface area contributed by atoms with Crippen LogP contribution in [0.15, 0.2) is 6.08 Å². The quantitative estimate of drug-likeness (QED) is 0.600. The van der Waals surface area contributed by atoms with Gasteiger partial charge in [-0.2, -0.15) is 0 Å². The fourth-order valence-electron chi connectivity index (χ4n) is 0.206. The van der Waals surface area contributed by atoms with Gasteiger partial charge in [-0.25, -0.2) is 0 Å². The SMILES string of the molecule is C[C](=[V])[C-]=C[C](C)=[W].[Y]. The molecule has 0 heterocycles. The van der Waals surface area contributed by atoms with E-state index in [1.807, 2.05) is 13.0 Å². The summed E-state index contributed by atoms with van der Waals surface area (Å²) in [4.78, 5) is 0. The Morgan fingerprint density at radius 2 is 2.00 bits per heavy atom. The van der Waals surface area contributed by atoms with Crippen LogP contribution in [0.5, 0.6) is 0 Å². The topological polar surface area (TPSA) is 0 Å². The van der Waals surface area contributed by atoms with Gasteiger partial charge in [0.1, 0.15) is 0 Å². The summed E-state index contributed by atoms with van der Waals surface area (Å²) in [7, 11) is 0. The molecule has 0 aromatic carbocycles. The average molecular weight is 403 g/mol. The van der Waals surface area contributed by atoms with Crippen molar-refractivity contribution in [3.8, 4) is 0 Å². The van der Waals surface area contributed by atoms with E-state index < -0.39 is 0 Å². The van der Waals surface area contributed by atoms with Gasteiger partial charge in [-0.1, -0.05) is 0 Å². The zero-order valence-corrected chi connectivity index (χ0v) is 12.7. The molecule has 0 aliphatic carbocycles. The Bertz CT molecular complexity index is 124. The molecule has 0 saturated heterocycles. The van der Waals surface area contributed by atoms with E-state index in [4.69, 9.17) is 0 Å². The summed E-state index contributed by atoms with van der Waals surface area (Å²) >= 11 is 3.97. The standard InChI is InChI=1S/C6H7.V.W.Y/c1-3-5-6-4-2;;;/h5H,1-2H3;;;/q-1;;;. The molecule has 0 amide bonds. The molecule has 0 spiro atoms. The van der Waals surface area contributed by atoms with E-state index in [0.717, 1.165) is 0 Å². The van der Waals surface area contributed by atoms with Crippen molar-refractivity contribution in [1.82, 2.24) is 0 Å². The van der Waals surface area contributed by atoms with Crippen molar-refractivity contribution in [2.75, 3.05) is 0 Å². The summed E-state index contributed by atoms with van der Waals surface area (Å²) in [5, 5.41) is 0. The molecule has 0 aliphatic heterocycles. The summed E-state index contributed by atoms with van der Waals surface area (Å²) < 4.78 is 2.55. The van der Waals surface area contributed by atoms with Crippen molar-refractivity contribution in [1.29, 1.82) is 0 Å².